The van der Waals surface area contributed by atoms with Crippen LogP contribution in [0.4, 0.5) is 5.69 Å². The molecule has 1 aromatic rings. The van der Waals surface area contributed by atoms with E-state index >= 15 is 0 Å². The van der Waals surface area contributed by atoms with Crippen LogP contribution in [0, 0.1) is 6.92 Å². The largest absolute Gasteiger partial charge is 0.389 e. The molecule has 1 unspecified atom stereocenters. The number of benzene rings is 1. The predicted molar refractivity (Wildman–Crippen MR) is 56.1 cm³/mol. The smallest absolute Gasteiger partial charge is 0.0784 e. The maximum atomic E-state index is 9.61. The lowest BCUT2D eigenvalue weighted by molar-refractivity contribution is 0.199. The number of hydrogen-bond acceptors (Lipinski definition) is 2. The van der Waals surface area contributed by atoms with E-state index in [0.717, 1.165) is 16.8 Å². The van der Waals surface area contributed by atoms with E-state index in [1.54, 1.807) is 6.92 Å². The summed E-state index contributed by atoms with van der Waals surface area (Å²) in [5.74, 6) is 0. The van der Waals surface area contributed by atoms with E-state index in [1.807, 2.05) is 44.1 Å². The third kappa shape index (κ3) is 2.01. The molecule has 1 N–H and O–H groups in total. The minimum absolute atomic E-state index is 0.404. The standard InChI is InChI=1S/C11H17NO/c1-8-6-5-7-10(12(3)4)11(8)9(2)13/h5-7,9,13H,1-4H3. The van der Waals surface area contributed by atoms with Gasteiger partial charge in [0, 0.05) is 25.3 Å². The first-order valence-electron chi connectivity index (χ1n) is 4.49. The molecular weight excluding hydrogens is 162 g/mol. The average molecular weight is 179 g/mol. The molecular formula is C11H17NO. The van der Waals surface area contributed by atoms with E-state index in [9.17, 15) is 5.11 Å². The van der Waals surface area contributed by atoms with Crippen molar-refractivity contribution in [2.75, 3.05) is 19.0 Å². The molecule has 0 aromatic heterocycles. The minimum Gasteiger partial charge on any atom is -0.389 e. The molecule has 2 nitrogen and oxygen atoms in total. The van der Waals surface area contributed by atoms with Gasteiger partial charge in [-0.3, -0.25) is 0 Å². The van der Waals surface area contributed by atoms with Crippen LogP contribution in [0.3, 0.4) is 0 Å². The lowest BCUT2D eigenvalue weighted by Gasteiger charge is -2.20. The lowest BCUT2D eigenvalue weighted by Crippen LogP contribution is -2.13. The lowest BCUT2D eigenvalue weighted by atomic mass is 10.0. The Bertz CT molecular complexity index is 292. The molecule has 13 heavy (non-hydrogen) atoms. The normalized spacial score (nSPS) is 12.7. The molecule has 2 heteroatoms. The van der Waals surface area contributed by atoms with Gasteiger partial charge in [0.15, 0.2) is 0 Å². The van der Waals surface area contributed by atoms with Gasteiger partial charge in [-0.25, -0.2) is 0 Å². The Balaban J connectivity index is 3.26. The van der Waals surface area contributed by atoms with Gasteiger partial charge >= 0.3 is 0 Å². The van der Waals surface area contributed by atoms with Gasteiger partial charge < -0.3 is 10.0 Å². The molecule has 1 aromatic carbocycles. The van der Waals surface area contributed by atoms with E-state index in [2.05, 4.69) is 0 Å². The third-order valence-electron chi connectivity index (χ3n) is 2.20. The maximum absolute atomic E-state index is 9.61. The van der Waals surface area contributed by atoms with E-state index < -0.39 is 6.10 Å². The summed E-state index contributed by atoms with van der Waals surface area (Å²) in [4.78, 5) is 2.02. The quantitative estimate of drug-likeness (QED) is 0.751. The van der Waals surface area contributed by atoms with Gasteiger partial charge in [0.2, 0.25) is 0 Å². The van der Waals surface area contributed by atoms with Crippen LogP contribution < -0.4 is 4.90 Å². The highest BCUT2D eigenvalue weighted by molar-refractivity contribution is 5.56. The van der Waals surface area contributed by atoms with Crippen LogP contribution in [0.1, 0.15) is 24.2 Å². The molecule has 0 radical (unpaired) electrons. The second-order valence-corrected chi connectivity index (χ2v) is 3.58. The summed E-state index contributed by atoms with van der Waals surface area (Å²) in [7, 11) is 3.97. The van der Waals surface area contributed by atoms with Crippen LogP contribution in [-0.2, 0) is 0 Å². The maximum Gasteiger partial charge on any atom is 0.0784 e. The third-order valence-corrected chi connectivity index (χ3v) is 2.20. The van der Waals surface area contributed by atoms with Gasteiger partial charge in [0.25, 0.3) is 0 Å². The van der Waals surface area contributed by atoms with Crippen molar-refractivity contribution in [3.63, 3.8) is 0 Å². The van der Waals surface area contributed by atoms with Crippen LogP contribution in [0.15, 0.2) is 18.2 Å². The summed E-state index contributed by atoms with van der Waals surface area (Å²) in [6, 6.07) is 6.06. The number of anilines is 1. The molecule has 0 saturated carbocycles. The molecule has 72 valence electrons. The van der Waals surface area contributed by atoms with Gasteiger partial charge in [-0.05, 0) is 25.5 Å². The van der Waals surface area contributed by atoms with Crippen LogP contribution in [0.25, 0.3) is 0 Å². The Kier molecular flexibility index (Phi) is 2.94. The molecule has 0 aliphatic rings. The number of aliphatic hydroxyl groups is 1. The Morgan fingerprint density at radius 3 is 2.31 bits per heavy atom. The van der Waals surface area contributed by atoms with Gasteiger partial charge in [0.05, 0.1) is 6.10 Å². The predicted octanol–water partition coefficient (Wildman–Crippen LogP) is 2.11. The minimum atomic E-state index is -0.404. The molecule has 0 saturated heterocycles. The van der Waals surface area contributed by atoms with E-state index in [-0.39, 0.29) is 0 Å². The van der Waals surface area contributed by atoms with Gasteiger partial charge in [-0.15, -0.1) is 0 Å². The second kappa shape index (κ2) is 3.79. The number of aryl methyl sites for hydroxylation is 1. The number of nitrogens with zero attached hydrogens (tertiary/aromatic N) is 1. The molecule has 0 bridgehead atoms. The summed E-state index contributed by atoms with van der Waals surface area (Å²) >= 11 is 0. The van der Waals surface area contributed by atoms with Crippen molar-refractivity contribution in [3.05, 3.63) is 29.3 Å². The SMILES string of the molecule is Cc1cccc(N(C)C)c1C(C)O. The molecule has 0 aliphatic heterocycles. The van der Waals surface area contributed by atoms with E-state index in [4.69, 9.17) is 0 Å². The Hall–Kier alpha value is -1.02. The zero-order valence-corrected chi connectivity index (χ0v) is 8.70. The zero-order valence-electron chi connectivity index (χ0n) is 8.70. The van der Waals surface area contributed by atoms with Crippen LogP contribution in [0.2, 0.25) is 0 Å². The zero-order chi connectivity index (χ0) is 10.0. The highest BCUT2D eigenvalue weighted by Gasteiger charge is 2.11. The van der Waals surface area contributed by atoms with Crippen molar-refractivity contribution in [3.8, 4) is 0 Å². The van der Waals surface area contributed by atoms with E-state index in [1.165, 1.54) is 0 Å². The highest BCUT2D eigenvalue weighted by atomic mass is 16.3. The first-order valence-corrected chi connectivity index (χ1v) is 4.49. The van der Waals surface area contributed by atoms with Crippen molar-refractivity contribution < 1.29 is 5.11 Å². The number of rotatable bonds is 2. The van der Waals surface area contributed by atoms with Crippen LogP contribution >= 0.6 is 0 Å². The second-order valence-electron chi connectivity index (χ2n) is 3.58. The summed E-state index contributed by atoms with van der Waals surface area (Å²) in [5.41, 5.74) is 3.25. The molecule has 0 spiro atoms. The highest BCUT2D eigenvalue weighted by Crippen LogP contribution is 2.27. The fourth-order valence-electron chi connectivity index (χ4n) is 1.60. The monoisotopic (exact) mass is 179 g/mol. The summed E-state index contributed by atoms with van der Waals surface area (Å²) in [6.45, 7) is 3.82. The van der Waals surface area contributed by atoms with Crippen molar-refractivity contribution in [2.45, 2.75) is 20.0 Å². The number of aliphatic hydroxyl groups excluding tert-OH is 1. The van der Waals surface area contributed by atoms with Crippen molar-refractivity contribution >= 4 is 5.69 Å². The van der Waals surface area contributed by atoms with Crippen molar-refractivity contribution in [1.29, 1.82) is 0 Å². The fraction of sp³-hybridized carbons (Fsp3) is 0.455. The summed E-state index contributed by atoms with van der Waals surface area (Å²) < 4.78 is 0. The Labute approximate surface area is 79.8 Å². The molecule has 0 amide bonds. The van der Waals surface area contributed by atoms with Crippen LogP contribution in [-0.4, -0.2) is 19.2 Å². The first-order chi connectivity index (χ1) is 6.04. The van der Waals surface area contributed by atoms with Crippen molar-refractivity contribution in [2.24, 2.45) is 0 Å². The topological polar surface area (TPSA) is 23.5 Å². The molecule has 1 atom stereocenters. The van der Waals surface area contributed by atoms with Crippen LogP contribution in [0.5, 0.6) is 0 Å². The summed E-state index contributed by atoms with van der Waals surface area (Å²) in [5, 5.41) is 9.61. The van der Waals surface area contributed by atoms with Gasteiger partial charge in [-0.2, -0.15) is 0 Å². The van der Waals surface area contributed by atoms with E-state index in [0.29, 0.717) is 0 Å². The Morgan fingerprint density at radius 1 is 1.31 bits per heavy atom. The fourth-order valence-corrected chi connectivity index (χ4v) is 1.60. The number of hydrogen-bond donors (Lipinski definition) is 1. The average Bonchev–Trinajstić information content (AvgIpc) is 2.02. The summed E-state index contributed by atoms with van der Waals surface area (Å²) in [6.07, 6.45) is -0.404. The Morgan fingerprint density at radius 2 is 1.92 bits per heavy atom. The molecule has 1 rings (SSSR count). The molecule has 0 aliphatic carbocycles. The van der Waals surface area contributed by atoms with Gasteiger partial charge in [0.1, 0.15) is 0 Å². The van der Waals surface area contributed by atoms with Crippen molar-refractivity contribution in [1.82, 2.24) is 0 Å². The van der Waals surface area contributed by atoms with Gasteiger partial charge in [-0.1, -0.05) is 12.1 Å². The molecule has 0 heterocycles. The molecule has 0 fully saturated rings. The first kappa shape index (κ1) is 10.1.